The van der Waals surface area contributed by atoms with Crippen molar-refractivity contribution in [2.45, 2.75) is 0 Å². The smallest absolute Gasteiger partial charge is 0.246 e. The molecule has 1 saturated heterocycles. The predicted molar refractivity (Wildman–Crippen MR) is 147 cm³/mol. The van der Waals surface area contributed by atoms with Gasteiger partial charge in [-0.25, -0.2) is 23.1 Å². The molecule has 1 fully saturated rings. The van der Waals surface area contributed by atoms with E-state index >= 15 is 8.78 Å². The Labute approximate surface area is 225 Å². The zero-order valence-corrected chi connectivity index (χ0v) is 21.7. The van der Waals surface area contributed by atoms with Crippen LogP contribution in [0, 0.1) is 17.5 Å². The molecule has 39 heavy (non-hydrogen) atoms. The summed E-state index contributed by atoms with van der Waals surface area (Å²) in [6.45, 7) is 2.55. The van der Waals surface area contributed by atoms with Crippen molar-refractivity contribution in [3.8, 4) is 22.3 Å². The lowest BCUT2D eigenvalue weighted by molar-refractivity contribution is -0.126. The lowest BCUT2D eigenvalue weighted by atomic mass is 9.91. The SMILES string of the molecule is CN(C)CC=CC(=O)N1CCN(c2ncnc3c(F)c(-c4ccccc4F)c(-c4ccccc4F)cc23)CC1. The van der Waals surface area contributed by atoms with Gasteiger partial charge in [-0.05, 0) is 37.9 Å². The van der Waals surface area contributed by atoms with Gasteiger partial charge >= 0.3 is 0 Å². The molecule has 0 unspecified atom stereocenters. The highest BCUT2D eigenvalue weighted by atomic mass is 19.1. The maximum Gasteiger partial charge on any atom is 0.246 e. The van der Waals surface area contributed by atoms with Crippen molar-refractivity contribution in [2.24, 2.45) is 0 Å². The number of nitrogens with zero attached hydrogens (tertiary/aromatic N) is 5. The van der Waals surface area contributed by atoms with E-state index in [1.54, 1.807) is 35.2 Å². The number of aromatic nitrogens is 2. The lowest BCUT2D eigenvalue weighted by Gasteiger charge is -2.35. The summed E-state index contributed by atoms with van der Waals surface area (Å²) in [6, 6.07) is 13.5. The van der Waals surface area contributed by atoms with E-state index in [1.165, 1.54) is 36.7 Å². The van der Waals surface area contributed by atoms with Gasteiger partial charge in [0.15, 0.2) is 5.82 Å². The summed E-state index contributed by atoms with van der Waals surface area (Å²) >= 11 is 0. The molecule has 1 aliphatic rings. The van der Waals surface area contributed by atoms with Crippen molar-refractivity contribution in [1.29, 1.82) is 0 Å². The third kappa shape index (κ3) is 5.35. The Morgan fingerprint density at radius 3 is 2.18 bits per heavy atom. The van der Waals surface area contributed by atoms with Crippen LogP contribution in [0.2, 0.25) is 0 Å². The Morgan fingerprint density at radius 2 is 1.54 bits per heavy atom. The molecule has 0 radical (unpaired) electrons. The van der Waals surface area contributed by atoms with Crippen LogP contribution in [-0.2, 0) is 4.79 Å². The standard InChI is InChI=1S/C30H28F3N5O/c1-36(2)13-7-12-26(39)37-14-16-38(17-15-37)30-23-18-22(20-8-3-5-10-24(20)31)27(21-9-4-6-11-25(21)32)28(33)29(23)34-19-35-30/h3-12,18-19H,13-17H2,1-2H3. The molecular formula is C30H28F3N5O. The number of fused-ring (bicyclic) bond motifs is 1. The minimum Gasteiger partial charge on any atom is -0.352 e. The van der Waals surface area contributed by atoms with E-state index in [1.807, 2.05) is 30.0 Å². The van der Waals surface area contributed by atoms with Crippen LogP contribution in [0.25, 0.3) is 33.2 Å². The summed E-state index contributed by atoms with van der Waals surface area (Å²) in [5.41, 5.74) is 0.328. The van der Waals surface area contributed by atoms with Crippen molar-refractivity contribution >= 4 is 22.6 Å². The van der Waals surface area contributed by atoms with Gasteiger partial charge in [0.05, 0.1) is 0 Å². The zero-order chi connectivity index (χ0) is 27.5. The second-order valence-corrected chi connectivity index (χ2v) is 9.64. The van der Waals surface area contributed by atoms with Gasteiger partial charge < -0.3 is 14.7 Å². The molecule has 1 amide bonds. The van der Waals surface area contributed by atoms with Gasteiger partial charge in [-0.15, -0.1) is 0 Å². The quantitative estimate of drug-likeness (QED) is 0.322. The van der Waals surface area contributed by atoms with Crippen LogP contribution in [0.1, 0.15) is 0 Å². The molecule has 0 spiro atoms. The number of carbonyl (C=O) groups excluding carboxylic acids is 1. The first-order valence-corrected chi connectivity index (χ1v) is 12.7. The fourth-order valence-corrected chi connectivity index (χ4v) is 4.83. The number of hydrogen-bond acceptors (Lipinski definition) is 5. The molecule has 4 aromatic rings. The molecule has 0 atom stereocenters. The number of likely N-dealkylation sites (N-methyl/N-ethyl adjacent to an activating group) is 1. The van der Waals surface area contributed by atoms with Gasteiger partial charge in [-0.1, -0.05) is 42.5 Å². The number of halogens is 3. The second-order valence-electron chi connectivity index (χ2n) is 9.64. The first kappa shape index (κ1) is 26.4. The van der Waals surface area contributed by atoms with Gasteiger partial charge in [0.2, 0.25) is 5.91 Å². The van der Waals surface area contributed by atoms with Crippen LogP contribution in [0.3, 0.4) is 0 Å². The maximum atomic E-state index is 16.2. The summed E-state index contributed by atoms with van der Waals surface area (Å²) < 4.78 is 46.1. The Kier molecular flexibility index (Phi) is 7.60. The predicted octanol–water partition coefficient (Wildman–Crippen LogP) is 5.15. The van der Waals surface area contributed by atoms with E-state index in [2.05, 4.69) is 9.97 Å². The molecule has 2 heterocycles. The molecule has 1 aromatic heterocycles. The monoisotopic (exact) mass is 531 g/mol. The first-order valence-electron chi connectivity index (χ1n) is 12.7. The number of benzene rings is 3. The van der Waals surface area contributed by atoms with Crippen LogP contribution >= 0.6 is 0 Å². The maximum absolute atomic E-state index is 16.2. The number of anilines is 1. The highest BCUT2D eigenvalue weighted by Gasteiger charge is 2.26. The number of rotatable bonds is 6. The summed E-state index contributed by atoms with van der Waals surface area (Å²) in [7, 11) is 3.86. The van der Waals surface area contributed by atoms with Crippen molar-refractivity contribution in [3.05, 3.63) is 90.5 Å². The van der Waals surface area contributed by atoms with E-state index in [4.69, 9.17) is 0 Å². The average molecular weight is 532 g/mol. The largest absolute Gasteiger partial charge is 0.352 e. The van der Waals surface area contributed by atoms with Crippen LogP contribution in [0.5, 0.6) is 0 Å². The Bertz CT molecular complexity index is 1550. The normalized spacial score (nSPS) is 14.1. The highest BCUT2D eigenvalue weighted by Crippen LogP contribution is 2.41. The molecule has 5 rings (SSSR count). The van der Waals surface area contributed by atoms with Crippen LogP contribution in [0.15, 0.2) is 73.1 Å². The summed E-state index contributed by atoms with van der Waals surface area (Å²) in [5, 5.41) is 0.388. The van der Waals surface area contributed by atoms with E-state index < -0.39 is 17.5 Å². The number of amides is 1. The molecule has 0 saturated carbocycles. The molecule has 0 N–H and O–H groups in total. The second kappa shape index (κ2) is 11.2. The fourth-order valence-electron chi connectivity index (χ4n) is 4.83. The van der Waals surface area contributed by atoms with Crippen molar-refractivity contribution in [1.82, 2.24) is 19.8 Å². The molecule has 9 heteroatoms. The van der Waals surface area contributed by atoms with Gasteiger partial charge in [0.25, 0.3) is 0 Å². The van der Waals surface area contributed by atoms with Gasteiger partial charge in [0.1, 0.15) is 29.3 Å². The van der Waals surface area contributed by atoms with E-state index in [0.717, 1.165) is 0 Å². The molecule has 200 valence electrons. The van der Waals surface area contributed by atoms with Crippen LogP contribution in [0.4, 0.5) is 19.0 Å². The minimum atomic E-state index is -0.751. The highest BCUT2D eigenvalue weighted by molar-refractivity contribution is 6.00. The topological polar surface area (TPSA) is 52.6 Å². The lowest BCUT2D eigenvalue weighted by Crippen LogP contribution is -2.48. The van der Waals surface area contributed by atoms with Crippen LogP contribution < -0.4 is 4.90 Å². The minimum absolute atomic E-state index is 0.0171. The fraction of sp³-hybridized carbons (Fsp3) is 0.233. The van der Waals surface area contributed by atoms with E-state index in [-0.39, 0.29) is 33.7 Å². The van der Waals surface area contributed by atoms with E-state index in [9.17, 15) is 9.18 Å². The summed E-state index contributed by atoms with van der Waals surface area (Å²) in [4.78, 5) is 26.9. The van der Waals surface area contributed by atoms with Crippen molar-refractivity contribution in [2.75, 3.05) is 51.7 Å². The average Bonchev–Trinajstić information content (AvgIpc) is 2.93. The molecule has 0 aliphatic carbocycles. The van der Waals surface area contributed by atoms with Crippen molar-refractivity contribution in [3.63, 3.8) is 0 Å². The molecule has 6 nitrogen and oxygen atoms in total. The Hall–Kier alpha value is -4.24. The summed E-state index contributed by atoms with van der Waals surface area (Å²) in [5.74, 6) is -1.51. The van der Waals surface area contributed by atoms with Gasteiger partial charge in [-0.3, -0.25) is 4.79 Å². The van der Waals surface area contributed by atoms with Gasteiger partial charge in [-0.2, -0.15) is 0 Å². The molecule has 0 bridgehead atoms. The first-order chi connectivity index (χ1) is 18.8. The molecule has 1 aliphatic heterocycles. The zero-order valence-electron chi connectivity index (χ0n) is 21.7. The van der Waals surface area contributed by atoms with Crippen LogP contribution in [-0.4, -0.2) is 72.5 Å². The van der Waals surface area contributed by atoms with E-state index in [0.29, 0.717) is 43.9 Å². The molecular weight excluding hydrogens is 503 g/mol. The Balaban J connectivity index is 1.56. The Morgan fingerprint density at radius 1 is 0.897 bits per heavy atom. The third-order valence-electron chi connectivity index (χ3n) is 6.78. The number of hydrogen-bond donors (Lipinski definition) is 0. The van der Waals surface area contributed by atoms with Gasteiger partial charge in [0, 0.05) is 60.9 Å². The third-order valence-corrected chi connectivity index (χ3v) is 6.78. The van der Waals surface area contributed by atoms with Crippen molar-refractivity contribution < 1.29 is 18.0 Å². The summed E-state index contributed by atoms with van der Waals surface area (Å²) in [6.07, 6.45) is 4.68. The molecule has 3 aromatic carbocycles. The number of piperazine rings is 1. The number of carbonyl (C=O) groups is 1.